The van der Waals surface area contributed by atoms with Gasteiger partial charge in [0.15, 0.2) is 22.5 Å². The second-order valence-corrected chi connectivity index (χ2v) is 8.53. The van der Waals surface area contributed by atoms with E-state index in [9.17, 15) is 4.79 Å². The fourth-order valence-corrected chi connectivity index (χ4v) is 4.13. The Morgan fingerprint density at radius 3 is 2.80 bits per heavy atom. The third-order valence-electron chi connectivity index (χ3n) is 4.76. The molecule has 2 N–H and O–H groups in total. The molecule has 0 bridgehead atoms. The highest BCUT2D eigenvalue weighted by Gasteiger charge is 2.25. The van der Waals surface area contributed by atoms with Gasteiger partial charge in [-0.2, -0.15) is 0 Å². The number of ketones is 1. The molecule has 1 aliphatic heterocycles. The lowest BCUT2D eigenvalue weighted by atomic mass is 10.2. The minimum Gasteiger partial charge on any atom is -0.382 e. The molecule has 0 spiro atoms. The molecule has 3 heterocycles. The summed E-state index contributed by atoms with van der Waals surface area (Å²) in [6, 6.07) is 7.47. The predicted octanol–water partition coefficient (Wildman–Crippen LogP) is 2.68. The van der Waals surface area contributed by atoms with Crippen molar-refractivity contribution in [2.24, 2.45) is 0 Å². The quantitative estimate of drug-likeness (QED) is 0.524. The van der Waals surface area contributed by atoms with Crippen LogP contribution in [-0.4, -0.2) is 54.0 Å². The minimum atomic E-state index is 0.0710. The maximum Gasteiger partial charge on any atom is 0.192 e. The molecule has 1 aliphatic rings. The summed E-state index contributed by atoms with van der Waals surface area (Å²) in [4.78, 5) is 11.4. The van der Waals surface area contributed by atoms with Gasteiger partial charge in [0, 0.05) is 11.6 Å². The van der Waals surface area contributed by atoms with Crippen molar-refractivity contribution in [2.45, 2.75) is 44.1 Å². The fraction of sp³-hybridized carbons (Fsp3) is 0.421. The van der Waals surface area contributed by atoms with Gasteiger partial charge in [-0.1, -0.05) is 40.7 Å². The molecule has 1 atom stereocenters. The lowest BCUT2D eigenvalue weighted by Gasteiger charge is -2.14. The number of carbonyl (C=O) groups is 1. The average Bonchev–Trinajstić information content (AvgIpc) is 3.45. The topological polar surface area (TPSA) is 114 Å². The molecule has 30 heavy (non-hydrogen) atoms. The van der Waals surface area contributed by atoms with E-state index in [2.05, 4.69) is 20.5 Å². The summed E-state index contributed by atoms with van der Waals surface area (Å²) in [5.74, 6) is 1.31. The molecule has 1 saturated heterocycles. The van der Waals surface area contributed by atoms with E-state index in [-0.39, 0.29) is 11.9 Å². The van der Waals surface area contributed by atoms with Crippen molar-refractivity contribution in [3.63, 3.8) is 0 Å². The molecule has 0 unspecified atom stereocenters. The summed E-state index contributed by atoms with van der Waals surface area (Å²) < 4.78 is 9.33. The van der Waals surface area contributed by atoms with Crippen molar-refractivity contribution in [1.82, 2.24) is 29.8 Å². The van der Waals surface area contributed by atoms with Crippen molar-refractivity contribution in [2.75, 3.05) is 18.1 Å². The van der Waals surface area contributed by atoms with Crippen LogP contribution in [0, 0.1) is 0 Å². The molecule has 4 rings (SSSR count). The van der Waals surface area contributed by atoms with Crippen LogP contribution < -0.4 is 5.73 Å². The van der Waals surface area contributed by atoms with E-state index in [1.165, 1.54) is 11.8 Å². The van der Waals surface area contributed by atoms with Crippen LogP contribution in [0.2, 0.25) is 5.02 Å². The molecular weight excluding hydrogens is 426 g/mol. The number of hydrogen-bond donors (Lipinski definition) is 1. The van der Waals surface area contributed by atoms with Crippen molar-refractivity contribution in [1.29, 1.82) is 0 Å². The molecule has 2 aromatic heterocycles. The summed E-state index contributed by atoms with van der Waals surface area (Å²) >= 11 is 7.30. The van der Waals surface area contributed by atoms with Crippen LogP contribution in [-0.2, 0) is 22.6 Å². The first kappa shape index (κ1) is 20.8. The average molecular weight is 448 g/mol. The maximum absolute atomic E-state index is 11.4. The van der Waals surface area contributed by atoms with E-state index >= 15 is 0 Å². The Morgan fingerprint density at radius 1 is 1.30 bits per heavy atom. The molecule has 0 amide bonds. The van der Waals surface area contributed by atoms with E-state index < -0.39 is 0 Å². The van der Waals surface area contributed by atoms with E-state index in [4.69, 9.17) is 22.1 Å². The molecule has 9 nitrogen and oxygen atoms in total. The number of Topliss-reactive ketones (excluding diaryl/α,β-unsaturated/α-hetero) is 1. The lowest BCUT2D eigenvalue weighted by Crippen LogP contribution is -2.17. The second kappa shape index (κ2) is 9.15. The molecule has 1 fully saturated rings. The smallest absolute Gasteiger partial charge is 0.192 e. The van der Waals surface area contributed by atoms with Crippen molar-refractivity contribution < 1.29 is 9.53 Å². The van der Waals surface area contributed by atoms with Crippen LogP contribution >= 0.6 is 23.4 Å². The standard InChI is InChI=1S/C19H22ClN7O2S/c1-12(28)11-30-19-24-23-18(26(19)10-15-3-2-8-29-15)16-17(21)27(25-22-16)9-13-4-6-14(20)7-5-13/h4-7,15H,2-3,8-11,21H2,1H3/t15-/m0/s1. The van der Waals surface area contributed by atoms with Crippen molar-refractivity contribution in [3.05, 3.63) is 34.9 Å². The normalized spacial score (nSPS) is 16.3. The number of ether oxygens (including phenoxy) is 1. The lowest BCUT2D eigenvalue weighted by molar-refractivity contribution is -0.114. The van der Waals surface area contributed by atoms with Gasteiger partial charge in [-0.05, 0) is 37.5 Å². The zero-order valence-electron chi connectivity index (χ0n) is 16.5. The molecule has 0 saturated carbocycles. The zero-order chi connectivity index (χ0) is 21.1. The maximum atomic E-state index is 11.4. The van der Waals surface area contributed by atoms with Gasteiger partial charge in [0.05, 0.1) is 24.9 Å². The Balaban J connectivity index is 1.63. The van der Waals surface area contributed by atoms with Crippen LogP contribution in [0.3, 0.4) is 0 Å². The van der Waals surface area contributed by atoms with E-state index in [1.54, 1.807) is 11.6 Å². The molecule has 158 valence electrons. The number of benzene rings is 1. The van der Waals surface area contributed by atoms with Crippen LogP contribution in [0.15, 0.2) is 29.4 Å². The van der Waals surface area contributed by atoms with Gasteiger partial charge in [0.2, 0.25) is 0 Å². The number of carbonyl (C=O) groups excluding carboxylic acids is 1. The van der Waals surface area contributed by atoms with E-state index in [1.807, 2.05) is 28.8 Å². The summed E-state index contributed by atoms with van der Waals surface area (Å²) in [6.07, 6.45) is 2.06. The molecule has 0 aliphatic carbocycles. The van der Waals surface area contributed by atoms with Gasteiger partial charge < -0.3 is 10.5 Å². The van der Waals surface area contributed by atoms with E-state index in [0.29, 0.717) is 46.4 Å². The third kappa shape index (κ3) is 4.66. The molecule has 11 heteroatoms. The molecule has 3 aromatic rings. The SMILES string of the molecule is CC(=O)CSc1nnc(-c2nnn(Cc3ccc(Cl)cc3)c2N)n1C[C@@H]1CCCO1. The Kier molecular flexibility index (Phi) is 6.35. The second-order valence-electron chi connectivity index (χ2n) is 7.15. The fourth-order valence-electron chi connectivity index (χ4n) is 3.25. The Morgan fingerprint density at radius 2 is 2.10 bits per heavy atom. The highest BCUT2D eigenvalue weighted by Crippen LogP contribution is 2.28. The van der Waals surface area contributed by atoms with Gasteiger partial charge in [0.1, 0.15) is 5.78 Å². The first-order chi connectivity index (χ1) is 14.5. The number of nitrogens with zero attached hydrogens (tertiary/aromatic N) is 6. The predicted molar refractivity (Wildman–Crippen MR) is 114 cm³/mol. The highest BCUT2D eigenvalue weighted by atomic mass is 35.5. The van der Waals surface area contributed by atoms with Crippen LogP contribution in [0.4, 0.5) is 5.82 Å². The number of aromatic nitrogens is 6. The summed E-state index contributed by atoms with van der Waals surface area (Å²) in [6.45, 7) is 3.33. The van der Waals surface area contributed by atoms with Gasteiger partial charge in [-0.3, -0.25) is 9.36 Å². The highest BCUT2D eigenvalue weighted by molar-refractivity contribution is 7.99. The van der Waals surface area contributed by atoms with Gasteiger partial charge in [0.25, 0.3) is 0 Å². The largest absolute Gasteiger partial charge is 0.382 e. The molecule has 0 radical (unpaired) electrons. The summed E-state index contributed by atoms with van der Waals surface area (Å²) in [5, 5.41) is 18.4. The van der Waals surface area contributed by atoms with Gasteiger partial charge >= 0.3 is 0 Å². The van der Waals surface area contributed by atoms with Crippen LogP contribution in [0.5, 0.6) is 0 Å². The first-order valence-electron chi connectivity index (χ1n) is 9.62. The first-order valence-corrected chi connectivity index (χ1v) is 11.0. The number of hydrogen-bond acceptors (Lipinski definition) is 8. The number of nitrogen functional groups attached to an aromatic ring is 1. The minimum absolute atomic E-state index is 0.0710. The number of thioether (sulfide) groups is 1. The molecular formula is C19H22ClN7O2S. The zero-order valence-corrected chi connectivity index (χ0v) is 18.1. The monoisotopic (exact) mass is 447 g/mol. The molecule has 1 aromatic carbocycles. The van der Waals surface area contributed by atoms with Crippen molar-refractivity contribution >= 4 is 35.0 Å². The number of nitrogens with two attached hydrogens (primary N) is 1. The summed E-state index contributed by atoms with van der Waals surface area (Å²) in [5.41, 5.74) is 7.82. The van der Waals surface area contributed by atoms with Crippen molar-refractivity contribution in [3.8, 4) is 11.5 Å². The van der Waals surface area contributed by atoms with Gasteiger partial charge in [-0.25, -0.2) is 4.68 Å². The number of rotatable bonds is 8. The Labute approximate surface area is 182 Å². The van der Waals surface area contributed by atoms with Crippen LogP contribution in [0.1, 0.15) is 25.3 Å². The Hall–Kier alpha value is -2.43. The Bertz CT molecular complexity index is 1030. The van der Waals surface area contributed by atoms with Crippen LogP contribution in [0.25, 0.3) is 11.5 Å². The third-order valence-corrected chi connectivity index (χ3v) is 6.13. The van der Waals surface area contributed by atoms with Gasteiger partial charge in [-0.15, -0.1) is 15.3 Å². The number of halogens is 1. The number of anilines is 1. The summed E-state index contributed by atoms with van der Waals surface area (Å²) in [7, 11) is 0. The van der Waals surface area contributed by atoms with E-state index in [0.717, 1.165) is 25.0 Å².